The molecule has 0 saturated heterocycles. The Hall–Kier alpha value is -0.860. The van der Waals surface area contributed by atoms with Crippen LogP contribution in [0.5, 0.6) is 0 Å². The number of benzene rings is 1. The van der Waals surface area contributed by atoms with E-state index in [0.29, 0.717) is 0 Å². The second-order valence-electron chi connectivity index (χ2n) is 5.01. The summed E-state index contributed by atoms with van der Waals surface area (Å²) in [6.45, 7) is 6.42. The van der Waals surface area contributed by atoms with E-state index in [2.05, 4.69) is 39.0 Å². The molecule has 1 rings (SSSR count). The first kappa shape index (κ1) is 14.2. The molecule has 0 radical (unpaired) electrons. The SMILES string of the molecule is CCC(N)Cc1ccc(C)c(CC(N)CC)c1. The molecule has 0 aliphatic heterocycles. The lowest BCUT2D eigenvalue weighted by Gasteiger charge is -2.14. The Bertz CT molecular complexity index is 347. The quantitative estimate of drug-likeness (QED) is 0.795. The van der Waals surface area contributed by atoms with Crippen molar-refractivity contribution in [3.63, 3.8) is 0 Å². The van der Waals surface area contributed by atoms with Crippen molar-refractivity contribution in [1.82, 2.24) is 0 Å². The van der Waals surface area contributed by atoms with Crippen molar-refractivity contribution in [2.45, 2.75) is 58.5 Å². The molecule has 0 saturated carbocycles. The van der Waals surface area contributed by atoms with E-state index in [9.17, 15) is 0 Å². The van der Waals surface area contributed by atoms with E-state index >= 15 is 0 Å². The van der Waals surface area contributed by atoms with Gasteiger partial charge in [0.15, 0.2) is 0 Å². The summed E-state index contributed by atoms with van der Waals surface area (Å²) in [7, 11) is 0. The molecule has 0 aliphatic carbocycles. The molecule has 2 unspecified atom stereocenters. The van der Waals surface area contributed by atoms with Gasteiger partial charge in [-0.15, -0.1) is 0 Å². The van der Waals surface area contributed by atoms with Crippen molar-refractivity contribution in [2.75, 3.05) is 0 Å². The molecule has 4 N–H and O–H groups in total. The Labute approximate surface area is 105 Å². The summed E-state index contributed by atoms with van der Waals surface area (Å²) in [5, 5.41) is 0. The molecule has 0 aliphatic rings. The van der Waals surface area contributed by atoms with Crippen LogP contribution in [0.15, 0.2) is 18.2 Å². The number of hydrogen-bond donors (Lipinski definition) is 2. The van der Waals surface area contributed by atoms with Gasteiger partial charge in [-0.1, -0.05) is 32.0 Å². The molecule has 2 nitrogen and oxygen atoms in total. The van der Waals surface area contributed by atoms with Gasteiger partial charge in [0.2, 0.25) is 0 Å². The first-order chi connectivity index (χ1) is 8.06. The minimum Gasteiger partial charge on any atom is -0.327 e. The number of hydrogen-bond acceptors (Lipinski definition) is 2. The largest absolute Gasteiger partial charge is 0.327 e. The highest BCUT2D eigenvalue weighted by Crippen LogP contribution is 2.15. The van der Waals surface area contributed by atoms with E-state index in [1.807, 2.05) is 0 Å². The van der Waals surface area contributed by atoms with Crippen LogP contribution < -0.4 is 11.5 Å². The Morgan fingerprint density at radius 3 is 2.18 bits per heavy atom. The van der Waals surface area contributed by atoms with Crippen LogP contribution in [0.3, 0.4) is 0 Å². The molecule has 1 aromatic rings. The second-order valence-corrected chi connectivity index (χ2v) is 5.01. The maximum Gasteiger partial charge on any atom is 0.00767 e. The van der Waals surface area contributed by atoms with E-state index < -0.39 is 0 Å². The molecule has 0 heterocycles. The molecule has 0 aromatic heterocycles. The van der Waals surface area contributed by atoms with Gasteiger partial charge >= 0.3 is 0 Å². The van der Waals surface area contributed by atoms with E-state index in [1.165, 1.54) is 16.7 Å². The molecule has 1 aromatic carbocycles. The lowest BCUT2D eigenvalue weighted by molar-refractivity contribution is 0.636. The average Bonchev–Trinajstić information content (AvgIpc) is 2.33. The third kappa shape index (κ3) is 4.49. The van der Waals surface area contributed by atoms with Crippen molar-refractivity contribution < 1.29 is 0 Å². The Kier molecular flexibility index (Phi) is 5.66. The molecule has 0 bridgehead atoms. The third-order valence-corrected chi connectivity index (χ3v) is 3.44. The zero-order chi connectivity index (χ0) is 12.8. The van der Waals surface area contributed by atoms with Crippen LogP contribution in [0.25, 0.3) is 0 Å². The normalized spacial score (nSPS) is 14.6. The summed E-state index contributed by atoms with van der Waals surface area (Å²) in [4.78, 5) is 0. The molecular formula is C15H26N2. The minimum absolute atomic E-state index is 0.267. The highest BCUT2D eigenvalue weighted by Gasteiger charge is 2.07. The first-order valence-electron chi connectivity index (χ1n) is 6.66. The second kappa shape index (κ2) is 6.77. The van der Waals surface area contributed by atoms with Crippen molar-refractivity contribution in [3.8, 4) is 0 Å². The molecule has 0 spiro atoms. The standard InChI is InChI=1S/C15H26N2/c1-4-14(16)9-12-7-6-11(3)13(8-12)10-15(17)5-2/h6-8,14-15H,4-5,9-10,16-17H2,1-3H3. The van der Waals surface area contributed by atoms with Gasteiger partial charge in [-0.05, 0) is 49.3 Å². The summed E-state index contributed by atoms with van der Waals surface area (Å²) in [6, 6.07) is 7.19. The average molecular weight is 234 g/mol. The van der Waals surface area contributed by atoms with Crippen LogP contribution >= 0.6 is 0 Å². The van der Waals surface area contributed by atoms with Crippen LogP contribution in [0.2, 0.25) is 0 Å². The summed E-state index contributed by atoms with van der Waals surface area (Å²) < 4.78 is 0. The van der Waals surface area contributed by atoms with Crippen molar-refractivity contribution in [3.05, 3.63) is 34.9 Å². The van der Waals surface area contributed by atoms with Crippen LogP contribution in [-0.2, 0) is 12.8 Å². The fourth-order valence-electron chi connectivity index (χ4n) is 1.95. The van der Waals surface area contributed by atoms with Gasteiger partial charge in [-0.25, -0.2) is 0 Å². The fourth-order valence-corrected chi connectivity index (χ4v) is 1.95. The Morgan fingerprint density at radius 2 is 1.59 bits per heavy atom. The highest BCUT2D eigenvalue weighted by atomic mass is 14.6. The summed E-state index contributed by atoms with van der Waals surface area (Å²) >= 11 is 0. The molecule has 2 heteroatoms. The Morgan fingerprint density at radius 1 is 1.00 bits per heavy atom. The van der Waals surface area contributed by atoms with E-state index in [0.717, 1.165) is 25.7 Å². The van der Waals surface area contributed by atoms with Crippen LogP contribution in [0.1, 0.15) is 43.4 Å². The smallest absolute Gasteiger partial charge is 0.00767 e. The monoisotopic (exact) mass is 234 g/mol. The molecule has 2 atom stereocenters. The Balaban J connectivity index is 2.79. The maximum absolute atomic E-state index is 6.03. The summed E-state index contributed by atoms with van der Waals surface area (Å²) in [5.74, 6) is 0. The summed E-state index contributed by atoms with van der Waals surface area (Å²) in [6.07, 6.45) is 3.98. The van der Waals surface area contributed by atoms with E-state index in [-0.39, 0.29) is 12.1 Å². The van der Waals surface area contributed by atoms with Crippen LogP contribution in [0.4, 0.5) is 0 Å². The van der Waals surface area contributed by atoms with Crippen molar-refractivity contribution in [1.29, 1.82) is 0 Å². The molecule has 17 heavy (non-hydrogen) atoms. The number of rotatable bonds is 6. The van der Waals surface area contributed by atoms with Crippen molar-refractivity contribution in [2.24, 2.45) is 11.5 Å². The highest BCUT2D eigenvalue weighted by molar-refractivity contribution is 5.32. The van der Waals surface area contributed by atoms with Gasteiger partial charge < -0.3 is 11.5 Å². The van der Waals surface area contributed by atoms with Gasteiger partial charge in [0, 0.05) is 12.1 Å². The molecule has 0 fully saturated rings. The van der Waals surface area contributed by atoms with Gasteiger partial charge in [0.05, 0.1) is 0 Å². The number of aryl methyl sites for hydroxylation is 1. The lowest BCUT2D eigenvalue weighted by atomic mass is 9.95. The zero-order valence-electron chi connectivity index (χ0n) is 11.4. The van der Waals surface area contributed by atoms with Gasteiger partial charge in [-0.3, -0.25) is 0 Å². The zero-order valence-corrected chi connectivity index (χ0v) is 11.4. The van der Waals surface area contributed by atoms with Gasteiger partial charge in [-0.2, -0.15) is 0 Å². The number of nitrogens with two attached hydrogens (primary N) is 2. The van der Waals surface area contributed by atoms with Crippen LogP contribution in [-0.4, -0.2) is 12.1 Å². The lowest BCUT2D eigenvalue weighted by Crippen LogP contribution is -2.23. The first-order valence-corrected chi connectivity index (χ1v) is 6.66. The predicted molar refractivity (Wildman–Crippen MR) is 75.1 cm³/mol. The summed E-state index contributed by atoms with van der Waals surface area (Å²) in [5.41, 5.74) is 16.1. The van der Waals surface area contributed by atoms with Crippen molar-refractivity contribution >= 4 is 0 Å². The molecule has 96 valence electrons. The fraction of sp³-hybridized carbons (Fsp3) is 0.600. The molecule has 0 amide bonds. The predicted octanol–water partition coefficient (Wildman–Crippen LogP) is 2.55. The third-order valence-electron chi connectivity index (χ3n) is 3.44. The van der Waals surface area contributed by atoms with E-state index in [1.54, 1.807) is 0 Å². The molecular weight excluding hydrogens is 208 g/mol. The topological polar surface area (TPSA) is 52.0 Å². The minimum atomic E-state index is 0.267. The van der Waals surface area contributed by atoms with E-state index in [4.69, 9.17) is 11.5 Å². The van der Waals surface area contributed by atoms with Gasteiger partial charge in [0.25, 0.3) is 0 Å². The van der Waals surface area contributed by atoms with Gasteiger partial charge in [0.1, 0.15) is 0 Å². The van der Waals surface area contributed by atoms with Crippen LogP contribution in [0, 0.1) is 6.92 Å². The maximum atomic E-state index is 6.03.